The summed E-state index contributed by atoms with van der Waals surface area (Å²) in [6.07, 6.45) is 3.13. The van der Waals surface area contributed by atoms with E-state index in [4.69, 9.17) is 9.47 Å². The van der Waals surface area contributed by atoms with Crippen molar-refractivity contribution in [1.29, 1.82) is 0 Å². The summed E-state index contributed by atoms with van der Waals surface area (Å²) < 4.78 is 11.7. The summed E-state index contributed by atoms with van der Waals surface area (Å²) in [7, 11) is 0. The molecule has 2 aromatic carbocycles. The van der Waals surface area contributed by atoms with Gasteiger partial charge in [0.1, 0.15) is 0 Å². The smallest absolute Gasteiger partial charge is 0.170 e. The third-order valence-electron chi connectivity index (χ3n) is 5.57. The van der Waals surface area contributed by atoms with Crippen LogP contribution in [0.25, 0.3) is 0 Å². The van der Waals surface area contributed by atoms with Crippen molar-refractivity contribution in [3.8, 4) is 0 Å². The topological polar surface area (TPSA) is 21.7 Å². The lowest BCUT2D eigenvalue weighted by atomic mass is 9.88. The minimum Gasteiger partial charge on any atom is -0.347 e. The van der Waals surface area contributed by atoms with Crippen molar-refractivity contribution in [1.82, 2.24) is 4.90 Å². The van der Waals surface area contributed by atoms with E-state index in [1.165, 1.54) is 11.1 Å². The van der Waals surface area contributed by atoms with Crippen LogP contribution in [-0.4, -0.2) is 43.5 Å². The molecule has 3 nitrogen and oxygen atoms in total. The third-order valence-corrected chi connectivity index (χ3v) is 5.57. The standard InChI is InChI=1S/C22H27NO2/c1-3-7-19(8-4-1)21(20-9-5-2-6-10-20)11-14-23-15-12-22(13-16-23)24-17-18-25-22/h1-10,21H,11-18H2. The molecule has 0 atom stereocenters. The van der Waals surface area contributed by atoms with Crippen molar-refractivity contribution in [2.45, 2.75) is 31.0 Å². The third kappa shape index (κ3) is 3.95. The number of hydrogen-bond donors (Lipinski definition) is 0. The minimum atomic E-state index is -0.269. The first-order valence-electron chi connectivity index (χ1n) is 9.45. The van der Waals surface area contributed by atoms with E-state index in [-0.39, 0.29) is 5.79 Å². The molecule has 0 aliphatic carbocycles. The Morgan fingerprint density at radius 3 is 1.84 bits per heavy atom. The molecular weight excluding hydrogens is 310 g/mol. The molecule has 0 N–H and O–H groups in total. The molecule has 0 unspecified atom stereocenters. The van der Waals surface area contributed by atoms with E-state index in [0.717, 1.165) is 52.1 Å². The van der Waals surface area contributed by atoms with Crippen LogP contribution in [-0.2, 0) is 9.47 Å². The number of benzene rings is 2. The highest BCUT2D eigenvalue weighted by molar-refractivity contribution is 5.32. The maximum atomic E-state index is 5.85. The quantitative estimate of drug-likeness (QED) is 0.822. The highest BCUT2D eigenvalue weighted by Gasteiger charge is 2.39. The molecule has 0 amide bonds. The summed E-state index contributed by atoms with van der Waals surface area (Å²) in [5.41, 5.74) is 2.81. The van der Waals surface area contributed by atoms with Gasteiger partial charge in [0.25, 0.3) is 0 Å². The first kappa shape index (κ1) is 16.8. The number of nitrogens with zero attached hydrogens (tertiary/aromatic N) is 1. The second kappa shape index (κ2) is 7.69. The monoisotopic (exact) mass is 337 g/mol. The summed E-state index contributed by atoms with van der Waals surface area (Å²) in [6.45, 7) is 4.76. The van der Waals surface area contributed by atoms with Crippen molar-refractivity contribution in [2.24, 2.45) is 0 Å². The lowest BCUT2D eigenvalue weighted by Crippen LogP contribution is -2.45. The van der Waals surface area contributed by atoms with E-state index in [1.54, 1.807) is 0 Å². The molecule has 2 fully saturated rings. The fourth-order valence-electron chi connectivity index (χ4n) is 4.11. The molecule has 1 spiro atoms. The Hall–Kier alpha value is -1.68. The van der Waals surface area contributed by atoms with E-state index in [0.29, 0.717) is 5.92 Å². The Labute approximate surface area is 150 Å². The second-order valence-electron chi connectivity index (χ2n) is 7.11. The van der Waals surface area contributed by atoms with Gasteiger partial charge in [0, 0.05) is 31.8 Å². The van der Waals surface area contributed by atoms with Gasteiger partial charge in [0.2, 0.25) is 0 Å². The van der Waals surface area contributed by atoms with Crippen LogP contribution >= 0.6 is 0 Å². The molecule has 132 valence electrons. The van der Waals surface area contributed by atoms with Crippen LogP contribution in [0.3, 0.4) is 0 Å². The first-order chi connectivity index (χ1) is 12.3. The van der Waals surface area contributed by atoms with Gasteiger partial charge in [-0.3, -0.25) is 0 Å². The van der Waals surface area contributed by atoms with Crippen molar-refractivity contribution >= 4 is 0 Å². The molecule has 0 bridgehead atoms. The van der Waals surface area contributed by atoms with Crippen LogP contribution < -0.4 is 0 Å². The second-order valence-corrected chi connectivity index (χ2v) is 7.11. The fraction of sp³-hybridized carbons (Fsp3) is 0.455. The largest absolute Gasteiger partial charge is 0.347 e. The van der Waals surface area contributed by atoms with Gasteiger partial charge in [0.15, 0.2) is 5.79 Å². The molecule has 25 heavy (non-hydrogen) atoms. The summed E-state index contributed by atoms with van der Waals surface area (Å²) >= 11 is 0. The molecule has 0 radical (unpaired) electrons. The molecule has 2 aromatic rings. The Morgan fingerprint density at radius 2 is 1.32 bits per heavy atom. The van der Waals surface area contributed by atoms with Gasteiger partial charge >= 0.3 is 0 Å². The molecule has 0 aromatic heterocycles. The maximum Gasteiger partial charge on any atom is 0.170 e. The zero-order chi connectivity index (χ0) is 17.0. The summed E-state index contributed by atoms with van der Waals surface area (Å²) in [6, 6.07) is 21.8. The van der Waals surface area contributed by atoms with Crippen LogP contribution in [0.2, 0.25) is 0 Å². The Balaban J connectivity index is 1.40. The van der Waals surface area contributed by atoms with Gasteiger partial charge in [-0.25, -0.2) is 0 Å². The zero-order valence-corrected chi connectivity index (χ0v) is 14.8. The van der Waals surface area contributed by atoms with Gasteiger partial charge in [-0.05, 0) is 24.1 Å². The Morgan fingerprint density at radius 1 is 0.800 bits per heavy atom. The number of ether oxygens (including phenoxy) is 2. The first-order valence-corrected chi connectivity index (χ1v) is 9.45. The Kier molecular flexibility index (Phi) is 5.16. The van der Waals surface area contributed by atoms with Gasteiger partial charge in [0.05, 0.1) is 13.2 Å². The predicted molar refractivity (Wildman–Crippen MR) is 99.7 cm³/mol. The molecular formula is C22H27NO2. The van der Waals surface area contributed by atoms with E-state index >= 15 is 0 Å². The van der Waals surface area contributed by atoms with Crippen LogP contribution in [0.4, 0.5) is 0 Å². The van der Waals surface area contributed by atoms with Crippen LogP contribution in [0, 0.1) is 0 Å². The molecule has 2 heterocycles. The van der Waals surface area contributed by atoms with Crippen LogP contribution in [0.5, 0.6) is 0 Å². The van der Waals surface area contributed by atoms with Crippen molar-refractivity contribution in [3.05, 3.63) is 71.8 Å². The van der Waals surface area contributed by atoms with Gasteiger partial charge in [-0.15, -0.1) is 0 Å². The SMILES string of the molecule is c1ccc(C(CCN2CCC3(CC2)OCCO3)c2ccccc2)cc1. The number of hydrogen-bond acceptors (Lipinski definition) is 3. The van der Waals surface area contributed by atoms with Crippen LogP contribution in [0.1, 0.15) is 36.3 Å². The van der Waals surface area contributed by atoms with E-state index in [9.17, 15) is 0 Å². The fourth-order valence-corrected chi connectivity index (χ4v) is 4.11. The Bertz CT molecular complexity index is 603. The average molecular weight is 337 g/mol. The molecule has 2 aliphatic rings. The lowest BCUT2D eigenvalue weighted by Gasteiger charge is -2.38. The van der Waals surface area contributed by atoms with Gasteiger partial charge < -0.3 is 14.4 Å². The molecule has 2 aliphatic heterocycles. The highest BCUT2D eigenvalue weighted by Crippen LogP contribution is 2.33. The van der Waals surface area contributed by atoms with E-state index < -0.39 is 0 Å². The average Bonchev–Trinajstić information content (AvgIpc) is 3.13. The lowest BCUT2D eigenvalue weighted by molar-refractivity contribution is -0.185. The molecule has 0 saturated carbocycles. The summed E-state index contributed by atoms with van der Waals surface area (Å²) in [5, 5.41) is 0. The maximum absolute atomic E-state index is 5.85. The summed E-state index contributed by atoms with van der Waals surface area (Å²) in [4.78, 5) is 2.56. The minimum absolute atomic E-state index is 0.269. The van der Waals surface area contributed by atoms with Crippen LogP contribution in [0.15, 0.2) is 60.7 Å². The normalized spacial score (nSPS) is 20.4. The zero-order valence-electron chi connectivity index (χ0n) is 14.8. The van der Waals surface area contributed by atoms with E-state index in [1.807, 2.05) is 0 Å². The number of likely N-dealkylation sites (tertiary alicyclic amines) is 1. The van der Waals surface area contributed by atoms with E-state index in [2.05, 4.69) is 65.6 Å². The van der Waals surface area contributed by atoms with Gasteiger partial charge in [-0.2, -0.15) is 0 Å². The molecule has 4 rings (SSSR count). The highest BCUT2D eigenvalue weighted by atomic mass is 16.7. The van der Waals surface area contributed by atoms with Gasteiger partial charge in [-0.1, -0.05) is 60.7 Å². The molecule has 2 saturated heterocycles. The summed E-state index contributed by atoms with van der Waals surface area (Å²) in [5.74, 6) is 0.187. The number of piperidine rings is 1. The molecule has 3 heteroatoms. The van der Waals surface area contributed by atoms with Crippen molar-refractivity contribution in [3.63, 3.8) is 0 Å². The number of rotatable bonds is 5. The van der Waals surface area contributed by atoms with Crippen molar-refractivity contribution < 1.29 is 9.47 Å². The predicted octanol–water partition coefficient (Wildman–Crippen LogP) is 4.05. The van der Waals surface area contributed by atoms with Crippen molar-refractivity contribution in [2.75, 3.05) is 32.8 Å².